The minimum absolute atomic E-state index is 0.0277. The molecule has 1 heterocycles. The van der Waals surface area contributed by atoms with Crippen molar-refractivity contribution in [1.82, 2.24) is 0 Å². The monoisotopic (exact) mass is 518 g/mol. The van der Waals surface area contributed by atoms with Crippen molar-refractivity contribution in [2.24, 2.45) is 5.11 Å². The van der Waals surface area contributed by atoms with E-state index in [4.69, 9.17) is 27.2 Å². The molecule has 0 N–H and O–H groups in total. The highest BCUT2D eigenvalue weighted by molar-refractivity contribution is 7.80. The highest BCUT2D eigenvalue weighted by Crippen LogP contribution is 2.31. The number of azide groups is 1. The van der Waals surface area contributed by atoms with E-state index in [0.29, 0.717) is 0 Å². The summed E-state index contributed by atoms with van der Waals surface area (Å²) in [6, 6.07) is 12.6. The molecule has 0 amide bonds. The molecule has 0 atom stereocenters. The van der Waals surface area contributed by atoms with Crippen LogP contribution in [0.3, 0.4) is 0 Å². The SMILES string of the molecule is [N-]=[N+]=Nc1ccc(C(=O)Oc2ccc(-c3cc(=S)ss3)cc2)c(OC(=O)CCCO[N+](=O)[O-])c1. The zero-order valence-electron chi connectivity index (χ0n) is 17.1. The summed E-state index contributed by atoms with van der Waals surface area (Å²) in [4.78, 5) is 42.9. The Labute approximate surface area is 204 Å². The summed E-state index contributed by atoms with van der Waals surface area (Å²) in [6.07, 6.45) is -0.176. The zero-order chi connectivity index (χ0) is 24.5. The highest BCUT2D eigenvalue weighted by Gasteiger charge is 2.18. The smallest absolute Gasteiger partial charge is 0.347 e. The molecule has 34 heavy (non-hydrogen) atoms. The topological polar surface area (TPSA) is 154 Å². The molecule has 0 aliphatic rings. The standard InChI is InChI=1S/C20H14N4O7S3/c21-23-22-13-5-8-15(16(10-13)31-18(25)2-1-9-29-24(27)28)20(26)30-14-6-3-12(4-7-14)17-11-19(32)34-33-17/h3-8,10-11H,1-2,9H2. The van der Waals surface area contributed by atoms with E-state index in [1.165, 1.54) is 28.5 Å². The lowest BCUT2D eigenvalue weighted by Crippen LogP contribution is -2.15. The third-order valence-corrected chi connectivity index (χ3v) is 7.01. The van der Waals surface area contributed by atoms with Gasteiger partial charge in [0, 0.05) is 21.9 Å². The van der Waals surface area contributed by atoms with Gasteiger partial charge < -0.3 is 14.3 Å². The Kier molecular flexibility index (Phi) is 8.65. The van der Waals surface area contributed by atoms with Gasteiger partial charge in [0.05, 0.1) is 6.61 Å². The van der Waals surface area contributed by atoms with Gasteiger partial charge in [0.15, 0.2) is 0 Å². The summed E-state index contributed by atoms with van der Waals surface area (Å²) in [6.45, 7) is -0.286. The number of rotatable bonds is 10. The first-order chi connectivity index (χ1) is 16.4. The first-order valence-corrected chi connectivity index (χ1v) is 12.0. The van der Waals surface area contributed by atoms with Gasteiger partial charge in [-0.15, -0.1) is 10.1 Å². The van der Waals surface area contributed by atoms with Crippen LogP contribution in [0.5, 0.6) is 11.5 Å². The van der Waals surface area contributed by atoms with Crippen LogP contribution in [0.2, 0.25) is 0 Å². The Bertz CT molecular complexity index is 1310. The molecule has 0 unspecified atom stereocenters. The molecule has 14 heteroatoms. The van der Waals surface area contributed by atoms with E-state index in [1.807, 2.05) is 6.07 Å². The minimum atomic E-state index is -0.966. The van der Waals surface area contributed by atoms with Crippen LogP contribution in [0.15, 0.2) is 53.6 Å². The van der Waals surface area contributed by atoms with Gasteiger partial charge in [-0.1, -0.05) is 44.1 Å². The van der Waals surface area contributed by atoms with Gasteiger partial charge in [-0.3, -0.25) is 4.79 Å². The van der Waals surface area contributed by atoms with Gasteiger partial charge in [0.25, 0.3) is 5.09 Å². The number of esters is 2. The summed E-state index contributed by atoms with van der Waals surface area (Å²) >= 11 is 5.14. The first kappa shape index (κ1) is 24.8. The third-order valence-electron chi connectivity index (χ3n) is 4.10. The molecular weight excluding hydrogens is 504 g/mol. The predicted molar refractivity (Wildman–Crippen MR) is 126 cm³/mol. The van der Waals surface area contributed by atoms with Crippen LogP contribution in [0, 0.1) is 13.9 Å². The third kappa shape index (κ3) is 7.08. The van der Waals surface area contributed by atoms with E-state index < -0.39 is 17.0 Å². The van der Waals surface area contributed by atoms with Gasteiger partial charge in [0.1, 0.15) is 20.9 Å². The molecule has 0 saturated heterocycles. The Hall–Kier alpha value is -3.84. The van der Waals surface area contributed by atoms with Crippen LogP contribution in [0.4, 0.5) is 5.69 Å². The number of benzene rings is 2. The molecule has 3 aromatic rings. The molecule has 0 fully saturated rings. The molecule has 0 radical (unpaired) electrons. The molecule has 3 rings (SSSR count). The van der Waals surface area contributed by atoms with Gasteiger partial charge in [-0.2, -0.15) is 0 Å². The van der Waals surface area contributed by atoms with Crippen molar-refractivity contribution in [3.63, 3.8) is 0 Å². The quantitative estimate of drug-likeness (QED) is 0.0291. The van der Waals surface area contributed by atoms with Crippen LogP contribution in [0.25, 0.3) is 20.9 Å². The van der Waals surface area contributed by atoms with Gasteiger partial charge in [-0.25, -0.2) is 4.79 Å². The normalized spacial score (nSPS) is 10.1. The van der Waals surface area contributed by atoms with Crippen molar-refractivity contribution < 1.29 is 29.0 Å². The number of nitrogens with zero attached hydrogens (tertiary/aromatic N) is 4. The molecule has 1 aromatic heterocycles. The second-order valence-corrected chi connectivity index (χ2v) is 9.32. The summed E-state index contributed by atoms with van der Waals surface area (Å²) in [5.74, 6) is -1.47. The van der Waals surface area contributed by atoms with Crippen LogP contribution in [-0.2, 0) is 9.63 Å². The molecule has 11 nitrogen and oxygen atoms in total. The van der Waals surface area contributed by atoms with Crippen molar-refractivity contribution >= 4 is 50.5 Å². The second-order valence-electron chi connectivity index (χ2n) is 6.41. The van der Waals surface area contributed by atoms with E-state index in [1.54, 1.807) is 34.6 Å². The van der Waals surface area contributed by atoms with Crippen LogP contribution >= 0.6 is 32.9 Å². The molecule has 0 saturated carbocycles. The van der Waals surface area contributed by atoms with Crippen LogP contribution < -0.4 is 9.47 Å². The summed E-state index contributed by atoms with van der Waals surface area (Å²) in [7, 11) is 3.04. The van der Waals surface area contributed by atoms with E-state index in [2.05, 4.69) is 14.9 Å². The maximum atomic E-state index is 12.8. The first-order valence-electron chi connectivity index (χ1n) is 9.45. The number of carbonyl (C=O) groups is 2. The van der Waals surface area contributed by atoms with Gasteiger partial charge >= 0.3 is 11.9 Å². The van der Waals surface area contributed by atoms with E-state index >= 15 is 0 Å². The van der Waals surface area contributed by atoms with Crippen molar-refractivity contribution in [3.05, 3.63) is 78.5 Å². The molecule has 0 aliphatic heterocycles. The second kappa shape index (κ2) is 11.9. The van der Waals surface area contributed by atoms with Gasteiger partial charge in [-0.05, 0) is 60.0 Å². The Morgan fingerprint density at radius 2 is 1.88 bits per heavy atom. The van der Waals surface area contributed by atoms with Crippen molar-refractivity contribution in [1.29, 1.82) is 0 Å². The fourth-order valence-corrected chi connectivity index (χ4v) is 5.03. The lowest BCUT2D eigenvalue weighted by molar-refractivity contribution is -0.757. The average molecular weight is 519 g/mol. The maximum Gasteiger partial charge on any atom is 0.347 e. The van der Waals surface area contributed by atoms with E-state index in [9.17, 15) is 19.7 Å². The number of carbonyl (C=O) groups excluding carboxylic acids is 2. The lowest BCUT2D eigenvalue weighted by Gasteiger charge is -2.11. The number of hydrogen-bond acceptors (Lipinski definition) is 11. The summed E-state index contributed by atoms with van der Waals surface area (Å²) < 4.78 is 11.4. The molecule has 0 spiro atoms. The molecular formula is C20H14N4O7S3. The molecule has 174 valence electrons. The molecule has 2 aromatic carbocycles. The predicted octanol–water partition coefficient (Wildman–Crippen LogP) is 6.26. The fraction of sp³-hybridized carbons (Fsp3) is 0.150. The van der Waals surface area contributed by atoms with Crippen molar-refractivity contribution in [3.8, 4) is 21.9 Å². The Morgan fingerprint density at radius 1 is 1.12 bits per heavy atom. The highest BCUT2D eigenvalue weighted by atomic mass is 32.9. The summed E-state index contributed by atoms with van der Waals surface area (Å²) in [5.41, 5.74) is 9.60. The summed E-state index contributed by atoms with van der Waals surface area (Å²) in [5, 5.41) is 12.6. The van der Waals surface area contributed by atoms with Gasteiger partial charge in [0.2, 0.25) is 0 Å². The Balaban J connectivity index is 1.73. The van der Waals surface area contributed by atoms with Crippen molar-refractivity contribution in [2.75, 3.05) is 6.61 Å². The van der Waals surface area contributed by atoms with Crippen molar-refractivity contribution in [2.45, 2.75) is 12.8 Å². The van der Waals surface area contributed by atoms with Crippen LogP contribution in [0.1, 0.15) is 23.2 Å². The lowest BCUT2D eigenvalue weighted by atomic mass is 10.1. The Morgan fingerprint density at radius 3 is 2.53 bits per heavy atom. The minimum Gasteiger partial charge on any atom is -0.426 e. The van der Waals surface area contributed by atoms with E-state index in [-0.39, 0.29) is 42.2 Å². The largest absolute Gasteiger partial charge is 0.426 e. The zero-order valence-corrected chi connectivity index (χ0v) is 19.6. The molecule has 0 bridgehead atoms. The molecule has 0 aliphatic carbocycles. The number of hydrogen-bond donors (Lipinski definition) is 0. The van der Waals surface area contributed by atoms with Crippen LogP contribution in [-0.4, -0.2) is 23.6 Å². The maximum absolute atomic E-state index is 12.8. The number of ether oxygens (including phenoxy) is 2. The fourth-order valence-electron chi connectivity index (χ4n) is 2.63. The average Bonchev–Trinajstić information content (AvgIpc) is 3.24. The van der Waals surface area contributed by atoms with E-state index in [0.717, 1.165) is 14.3 Å².